The fourth-order valence-corrected chi connectivity index (χ4v) is 4.57. The van der Waals surface area contributed by atoms with Gasteiger partial charge in [-0.2, -0.15) is 4.72 Å². The summed E-state index contributed by atoms with van der Waals surface area (Å²) in [7, 11) is -1.99. The number of hydrogen-bond donors (Lipinski definition) is 1. The number of nitrogens with zero attached hydrogens (tertiary/aromatic N) is 2. The van der Waals surface area contributed by atoms with E-state index in [1.165, 1.54) is 16.2 Å². The Labute approximate surface area is 132 Å². The molecule has 1 aliphatic rings. The fraction of sp³-hybridized carbons (Fsp3) is 0.286. The van der Waals surface area contributed by atoms with Crippen molar-refractivity contribution in [2.24, 2.45) is 0 Å². The molecule has 1 atom stereocenters. The minimum atomic E-state index is -3.64. The molecule has 22 heavy (non-hydrogen) atoms. The minimum absolute atomic E-state index is 0.252. The molecule has 2 aromatic rings. The van der Waals surface area contributed by atoms with Crippen molar-refractivity contribution in [3.63, 3.8) is 0 Å². The van der Waals surface area contributed by atoms with Crippen LogP contribution in [-0.4, -0.2) is 37.3 Å². The maximum Gasteiger partial charge on any atom is 0.241 e. The molecule has 1 aliphatic heterocycles. The normalized spacial score (nSPS) is 19.4. The molecule has 0 aliphatic carbocycles. The topological polar surface area (TPSA) is 79.4 Å². The zero-order valence-electron chi connectivity index (χ0n) is 11.9. The number of carbonyl (C=O) groups is 1. The number of aromatic nitrogens is 1. The number of carbonyl (C=O) groups excluding carboxylic acids is 1. The van der Waals surface area contributed by atoms with Crippen LogP contribution in [0.5, 0.6) is 0 Å². The van der Waals surface area contributed by atoms with Crippen molar-refractivity contribution in [2.45, 2.75) is 23.9 Å². The molecule has 1 N–H and O–H groups in total. The molecular formula is C14H15N3O3S2. The quantitative estimate of drug-likeness (QED) is 0.906. The Morgan fingerprint density at radius 2 is 2.23 bits per heavy atom. The first-order chi connectivity index (χ1) is 10.5. The summed E-state index contributed by atoms with van der Waals surface area (Å²) in [4.78, 5) is 18.4. The fourth-order valence-electron chi connectivity index (χ4n) is 2.46. The van der Waals surface area contributed by atoms with Gasteiger partial charge in [-0.25, -0.2) is 13.4 Å². The molecule has 0 unspecified atom stereocenters. The summed E-state index contributed by atoms with van der Waals surface area (Å²) in [5.74, 6) is -0.256. The molecule has 1 amide bonds. The van der Waals surface area contributed by atoms with Crippen molar-refractivity contribution in [3.05, 3.63) is 46.4 Å². The molecule has 2 heterocycles. The number of benzene rings is 1. The van der Waals surface area contributed by atoms with Gasteiger partial charge in [0.05, 0.1) is 11.4 Å². The molecule has 1 aromatic heterocycles. The van der Waals surface area contributed by atoms with Crippen molar-refractivity contribution >= 4 is 27.3 Å². The van der Waals surface area contributed by atoms with Gasteiger partial charge >= 0.3 is 0 Å². The number of rotatable bonds is 3. The van der Waals surface area contributed by atoms with Gasteiger partial charge in [-0.15, -0.1) is 11.3 Å². The maximum absolute atomic E-state index is 12.5. The molecule has 8 heteroatoms. The zero-order chi connectivity index (χ0) is 15.7. The van der Waals surface area contributed by atoms with E-state index in [9.17, 15) is 13.2 Å². The lowest BCUT2D eigenvalue weighted by Crippen LogP contribution is -2.50. The third kappa shape index (κ3) is 2.90. The molecule has 3 rings (SSSR count). The standard InChI is InChI=1S/C14H15N3O3S2/c1-17(9-13-15-6-7-21-13)14(18)11-8-10-4-2-3-5-12(10)22(19,20)16-11/h2-7,11,16H,8-9H2,1H3/t11-/m0/s1. The predicted molar refractivity (Wildman–Crippen MR) is 82.8 cm³/mol. The number of amides is 1. The van der Waals surface area contributed by atoms with E-state index in [0.29, 0.717) is 18.5 Å². The summed E-state index contributed by atoms with van der Waals surface area (Å²) in [6, 6.07) is 5.98. The lowest BCUT2D eigenvalue weighted by Gasteiger charge is -2.28. The third-order valence-electron chi connectivity index (χ3n) is 3.51. The number of fused-ring (bicyclic) bond motifs is 1. The summed E-state index contributed by atoms with van der Waals surface area (Å²) < 4.78 is 26.9. The lowest BCUT2D eigenvalue weighted by molar-refractivity contribution is -0.132. The second-order valence-corrected chi connectivity index (χ2v) is 7.77. The summed E-state index contributed by atoms with van der Waals surface area (Å²) in [6.07, 6.45) is 2.04. The van der Waals surface area contributed by atoms with Crippen LogP contribution in [0, 0.1) is 0 Å². The number of likely N-dealkylation sites (N-methyl/N-ethyl adjacent to an activating group) is 1. The zero-order valence-corrected chi connectivity index (χ0v) is 13.5. The van der Waals surface area contributed by atoms with Gasteiger partial charge < -0.3 is 4.90 Å². The van der Waals surface area contributed by atoms with Gasteiger partial charge in [0.2, 0.25) is 15.9 Å². The van der Waals surface area contributed by atoms with E-state index in [1.807, 2.05) is 5.38 Å². The first-order valence-electron chi connectivity index (χ1n) is 6.71. The molecule has 0 bridgehead atoms. The van der Waals surface area contributed by atoms with Crippen LogP contribution in [0.15, 0.2) is 40.7 Å². The highest BCUT2D eigenvalue weighted by Crippen LogP contribution is 2.23. The molecule has 1 aromatic carbocycles. The van der Waals surface area contributed by atoms with Crippen LogP contribution in [0.25, 0.3) is 0 Å². The molecule has 6 nitrogen and oxygen atoms in total. The van der Waals surface area contributed by atoms with E-state index in [1.54, 1.807) is 37.5 Å². The maximum atomic E-state index is 12.5. The van der Waals surface area contributed by atoms with Crippen LogP contribution in [0.2, 0.25) is 0 Å². The average Bonchev–Trinajstić information content (AvgIpc) is 2.98. The highest BCUT2D eigenvalue weighted by atomic mass is 32.2. The van der Waals surface area contributed by atoms with Gasteiger partial charge in [-0.3, -0.25) is 4.79 Å². The monoisotopic (exact) mass is 337 g/mol. The van der Waals surface area contributed by atoms with Gasteiger partial charge in [-0.1, -0.05) is 18.2 Å². The Kier molecular flexibility index (Phi) is 3.98. The number of sulfonamides is 1. The van der Waals surface area contributed by atoms with E-state index in [0.717, 1.165) is 5.01 Å². The van der Waals surface area contributed by atoms with Gasteiger partial charge in [-0.05, 0) is 18.1 Å². The van der Waals surface area contributed by atoms with Crippen LogP contribution >= 0.6 is 11.3 Å². The first kappa shape index (κ1) is 15.1. The molecule has 0 saturated carbocycles. The first-order valence-corrected chi connectivity index (χ1v) is 9.07. The summed E-state index contributed by atoms with van der Waals surface area (Å²) in [5.41, 5.74) is 0.669. The molecule has 0 spiro atoms. The largest absolute Gasteiger partial charge is 0.338 e. The lowest BCUT2D eigenvalue weighted by atomic mass is 10.1. The minimum Gasteiger partial charge on any atom is -0.338 e. The van der Waals surface area contributed by atoms with Crippen molar-refractivity contribution in [1.82, 2.24) is 14.6 Å². The SMILES string of the molecule is CN(Cc1nccs1)C(=O)[C@@H]1Cc2ccccc2S(=O)(=O)N1. The molecule has 0 radical (unpaired) electrons. The van der Waals surface area contributed by atoms with E-state index >= 15 is 0 Å². The van der Waals surface area contributed by atoms with Crippen molar-refractivity contribution < 1.29 is 13.2 Å². The Balaban J connectivity index is 1.80. The number of thiazole rings is 1. The Morgan fingerprint density at radius 1 is 1.45 bits per heavy atom. The Bertz CT molecular complexity index is 787. The highest BCUT2D eigenvalue weighted by Gasteiger charge is 2.34. The smallest absolute Gasteiger partial charge is 0.241 e. The van der Waals surface area contributed by atoms with Gasteiger partial charge in [0.25, 0.3) is 0 Å². The van der Waals surface area contributed by atoms with Crippen molar-refractivity contribution in [1.29, 1.82) is 0 Å². The van der Waals surface area contributed by atoms with E-state index < -0.39 is 16.1 Å². The van der Waals surface area contributed by atoms with Crippen molar-refractivity contribution in [3.8, 4) is 0 Å². The van der Waals surface area contributed by atoms with Gasteiger partial charge in [0.15, 0.2) is 0 Å². The van der Waals surface area contributed by atoms with Crippen LogP contribution in [0.3, 0.4) is 0 Å². The highest BCUT2D eigenvalue weighted by molar-refractivity contribution is 7.89. The van der Waals surface area contributed by atoms with Crippen LogP contribution < -0.4 is 4.72 Å². The van der Waals surface area contributed by atoms with Gasteiger partial charge in [0.1, 0.15) is 11.0 Å². The third-order valence-corrected chi connectivity index (χ3v) is 5.85. The summed E-state index contributed by atoms with van der Waals surface area (Å²) >= 11 is 1.46. The average molecular weight is 337 g/mol. The van der Waals surface area contributed by atoms with Crippen LogP contribution in [0.1, 0.15) is 10.6 Å². The number of hydrogen-bond acceptors (Lipinski definition) is 5. The Hall–Kier alpha value is -1.77. The summed E-state index contributed by atoms with van der Waals surface area (Å²) in [5, 5.41) is 2.66. The van der Waals surface area contributed by atoms with Gasteiger partial charge in [0, 0.05) is 18.6 Å². The molecule has 0 fully saturated rings. The molecular weight excluding hydrogens is 322 g/mol. The molecule has 116 valence electrons. The van der Waals surface area contributed by atoms with E-state index in [2.05, 4.69) is 9.71 Å². The molecule has 0 saturated heterocycles. The van der Waals surface area contributed by atoms with E-state index in [4.69, 9.17) is 0 Å². The number of nitrogens with one attached hydrogen (secondary N) is 1. The Morgan fingerprint density at radius 3 is 2.95 bits per heavy atom. The second-order valence-electron chi connectivity index (χ2n) is 5.11. The van der Waals surface area contributed by atoms with Crippen LogP contribution in [0.4, 0.5) is 0 Å². The van der Waals surface area contributed by atoms with E-state index in [-0.39, 0.29) is 10.8 Å². The van der Waals surface area contributed by atoms with Crippen molar-refractivity contribution in [2.75, 3.05) is 7.05 Å². The summed E-state index contributed by atoms with van der Waals surface area (Å²) in [6.45, 7) is 0.371. The van der Waals surface area contributed by atoms with Crippen LogP contribution in [-0.2, 0) is 27.8 Å². The second kappa shape index (κ2) is 5.79. The predicted octanol–water partition coefficient (Wildman–Crippen LogP) is 1.00.